The van der Waals surface area contributed by atoms with Gasteiger partial charge in [-0.25, -0.2) is 0 Å². The molecule has 0 radical (unpaired) electrons. The van der Waals surface area contributed by atoms with Crippen molar-refractivity contribution in [2.75, 3.05) is 13.6 Å². The molecule has 0 bridgehead atoms. The minimum absolute atomic E-state index is 0.789. The summed E-state index contributed by atoms with van der Waals surface area (Å²) in [6, 6.07) is 0.789. The quantitative estimate of drug-likeness (QED) is 0.559. The normalized spacial score (nSPS) is 13.9. The zero-order valence-corrected chi connectivity index (χ0v) is 8.61. The Morgan fingerprint density at radius 2 is 1.73 bits per heavy atom. The lowest BCUT2D eigenvalue weighted by atomic mass is 10.2. The highest BCUT2D eigenvalue weighted by Crippen LogP contribution is 1.95. The largest absolute Gasteiger partial charge is 0.335 e. The van der Waals surface area contributed by atoms with Crippen LogP contribution < -0.4 is 4.90 Å². The summed E-state index contributed by atoms with van der Waals surface area (Å²) in [5.41, 5.74) is 0. The van der Waals surface area contributed by atoms with E-state index in [4.69, 9.17) is 0 Å². The van der Waals surface area contributed by atoms with Crippen LogP contribution in [-0.4, -0.2) is 19.6 Å². The molecule has 0 heterocycles. The predicted octanol–water partition coefficient (Wildman–Crippen LogP) is 1.49. The van der Waals surface area contributed by atoms with Crippen molar-refractivity contribution in [3.8, 4) is 0 Å². The van der Waals surface area contributed by atoms with Crippen molar-refractivity contribution in [2.45, 2.75) is 52.5 Å². The van der Waals surface area contributed by atoms with E-state index in [0.717, 1.165) is 6.04 Å². The Labute approximate surface area is 71.8 Å². The summed E-state index contributed by atoms with van der Waals surface area (Å²) in [5, 5.41) is 0. The van der Waals surface area contributed by atoms with E-state index in [1.165, 1.54) is 32.2 Å². The summed E-state index contributed by atoms with van der Waals surface area (Å²) in [5.74, 6) is 0. The molecule has 0 saturated heterocycles. The first-order chi connectivity index (χ1) is 5.18. The molecule has 0 fully saturated rings. The van der Waals surface area contributed by atoms with Crippen LogP contribution in [0.2, 0.25) is 0 Å². The first kappa shape index (κ1) is 11.0. The van der Waals surface area contributed by atoms with Crippen molar-refractivity contribution < 1.29 is 4.90 Å². The number of rotatable bonds is 6. The second-order valence-electron chi connectivity index (χ2n) is 3.81. The van der Waals surface area contributed by atoms with E-state index >= 15 is 0 Å². The average Bonchev–Trinajstić information content (AvgIpc) is 1.97. The van der Waals surface area contributed by atoms with Gasteiger partial charge in [0.05, 0.1) is 19.6 Å². The van der Waals surface area contributed by atoms with Crippen molar-refractivity contribution in [2.24, 2.45) is 0 Å². The summed E-state index contributed by atoms with van der Waals surface area (Å²) >= 11 is 0. The zero-order valence-electron chi connectivity index (χ0n) is 8.61. The third-order valence-corrected chi connectivity index (χ3v) is 2.41. The smallest absolute Gasteiger partial charge is 0.0815 e. The topological polar surface area (TPSA) is 4.44 Å². The van der Waals surface area contributed by atoms with Gasteiger partial charge in [-0.1, -0.05) is 19.8 Å². The van der Waals surface area contributed by atoms with Crippen molar-refractivity contribution in [1.29, 1.82) is 0 Å². The van der Waals surface area contributed by atoms with Crippen molar-refractivity contribution in [3.63, 3.8) is 0 Å². The van der Waals surface area contributed by atoms with Crippen LogP contribution in [0.5, 0.6) is 0 Å². The van der Waals surface area contributed by atoms with Crippen LogP contribution in [0.15, 0.2) is 0 Å². The molecule has 1 atom stereocenters. The fourth-order valence-electron chi connectivity index (χ4n) is 1.12. The molecular weight excluding hydrogens is 134 g/mol. The Morgan fingerprint density at radius 3 is 2.18 bits per heavy atom. The Hall–Kier alpha value is -0.0400. The van der Waals surface area contributed by atoms with Gasteiger partial charge < -0.3 is 4.90 Å². The molecule has 11 heavy (non-hydrogen) atoms. The molecule has 1 nitrogen and oxygen atoms in total. The lowest BCUT2D eigenvalue weighted by molar-refractivity contribution is -0.902. The predicted molar refractivity (Wildman–Crippen MR) is 51.0 cm³/mol. The van der Waals surface area contributed by atoms with E-state index in [1.807, 2.05) is 0 Å². The van der Waals surface area contributed by atoms with E-state index in [2.05, 4.69) is 27.8 Å². The molecule has 1 N–H and O–H groups in total. The molecule has 0 aromatic carbocycles. The maximum atomic E-state index is 2.29. The molecule has 0 aliphatic rings. The van der Waals surface area contributed by atoms with Crippen LogP contribution in [0.4, 0.5) is 0 Å². The molecule has 0 aliphatic carbocycles. The van der Waals surface area contributed by atoms with Gasteiger partial charge in [-0.15, -0.1) is 0 Å². The van der Waals surface area contributed by atoms with Gasteiger partial charge in [0.1, 0.15) is 0 Å². The highest BCUT2D eigenvalue weighted by molar-refractivity contribution is 4.39. The zero-order chi connectivity index (χ0) is 8.69. The third-order valence-electron chi connectivity index (χ3n) is 2.41. The maximum Gasteiger partial charge on any atom is 0.0815 e. The molecule has 1 heteroatoms. The number of hydrogen-bond donors (Lipinski definition) is 1. The van der Waals surface area contributed by atoms with Crippen LogP contribution in [0.1, 0.15) is 46.5 Å². The van der Waals surface area contributed by atoms with Gasteiger partial charge in [0, 0.05) is 0 Å². The molecule has 0 spiro atoms. The lowest BCUT2D eigenvalue weighted by Gasteiger charge is -2.17. The molecule has 0 rings (SSSR count). The summed E-state index contributed by atoms with van der Waals surface area (Å²) in [4.78, 5) is 1.67. The second-order valence-corrected chi connectivity index (χ2v) is 3.81. The fraction of sp³-hybridized carbons (Fsp3) is 1.00. The maximum absolute atomic E-state index is 2.29. The van der Waals surface area contributed by atoms with Crippen LogP contribution in [0.3, 0.4) is 0 Å². The third kappa shape index (κ3) is 6.36. The fourth-order valence-corrected chi connectivity index (χ4v) is 1.12. The van der Waals surface area contributed by atoms with Gasteiger partial charge >= 0.3 is 0 Å². The number of unbranched alkanes of at least 4 members (excludes halogenated alkanes) is 3. The van der Waals surface area contributed by atoms with Crippen LogP contribution in [0.25, 0.3) is 0 Å². The Kier molecular flexibility index (Phi) is 6.63. The molecule has 0 aromatic rings. The first-order valence-corrected chi connectivity index (χ1v) is 5.00. The molecule has 1 unspecified atom stereocenters. The SMILES string of the molecule is CCCCCC[NH+](C)C(C)C. The van der Waals surface area contributed by atoms with Gasteiger partial charge in [-0.3, -0.25) is 0 Å². The number of nitrogens with one attached hydrogen (secondary N) is 1. The minimum atomic E-state index is 0.789. The molecule has 0 aromatic heterocycles. The van der Waals surface area contributed by atoms with Crippen molar-refractivity contribution in [3.05, 3.63) is 0 Å². The van der Waals surface area contributed by atoms with Crippen LogP contribution in [0, 0.1) is 0 Å². The van der Waals surface area contributed by atoms with Gasteiger partial charge in [-0.2, -0.15) is 0 Å². The molecule has 0 amide bonds. The Bertz CT molecular complexity index is 78.9. The monoisotopic (exact) mass is 158 g/mol. The summed E-state index contributed by atoms with van der Waals surface area (Å²) in [6.07, 6.45) is 5.57. The molecular formula is C10H24N+. The lowest BCUT2D eigenvalue weighted by Crippen LogP contribution is -3.12. The van der Waals surface area contributed by atoms with Gasteiger partial charge in [0.25, 0.3) is 0 Å². The van der Waals surface area contributed by atoms with E-state index in [1.54, 1.807) is 4.90 Å². The molecule has 0 aliphatic heterocycles. The molecule has 68 valence electrons. The van der Waals surface area contributed by atoms with Crippen LogP contribution >= 0.6 is 0 Å². The highest BCUT2D eigenvalue weighted by atomic mass is 15.1. The van der Waals surface area contributed by atoms with E-state index in [9.17, 15) is 0 Å². The van der Waals surface area contributed by atoms with Crippen molar-refractivity contribution >= 4 is 0 Å². The van der Waals surface area contributed by atoms with Crippen LogP contribution in [-0.2, 0) is 0 Å². The summed E-state index contributed by atoms with van der Waals surface area (Å²) < 4.78 is 0. The van der Waals surface area contributed by atoms with E-state index in [0.29, 0.717) is 0 Å². The van der Waals surface area contributed by atoms with Gasteiger partial charge in [-0.05, 0) is 26.7 Å². The van der Waals surface area contributed by atoms with Gasteiger partial charge in [0.2, 0.25) is 0 Å². The average molecular weight is 158 g/mol. The summed E-state index contributed by atoms with van der Waals surface area (Å²) in [7, 11) is 2.29. The van der Waals surface area contributed by atoms with E-state index < -0.39 is 0 Å². The first-order valence-electron chi connectivity index (χ1n) is 5.00. The second kappa shape index (κ2) is 6.66. The van der Waals surface area contributed by atoms with E-state index in [-0.39, 0.29) is 0 Å². The highest BCUT2D eigenvalue weighted by Gasteiger charge is 2.04. The number of hydrogen-bond acceptors (Lipinski definition) is 0. The van der Waals surface area contributed by atoms with Gasteiger partial charge in [0.15, 0.2) is 0 Å². The molecule has 0 saturated carbocycles. The Balaban J connectivity index is 3.10. The van der Waals surface area contributed by atoms with Crippen molar-refractivity contribution in [1.82, 2.24) is 0 Å². The summed E-state index contributed by atoms with van der Waals surface area (Å²) in [6.45, 7) is 8.18. The standard InChI is InChI=1S/C10H23N/c1-5-6-7-8-9-11(4)10(2)3/h10H,5-9H2,1-4H3/p+1. The Morgan fingerprint density at radius 1 is 1.09 bits per heavy atom. The number of quaternary nitrogens is 1. The minimum Gasteiger partial charge on any atom is -0.335 e.